The van der Waals surface area contributed by atoms with E-state index in [1.54, 1.807) is 0 Å². The first-order valence-corrected chi connectivity index (χ1v) is 6.66. The largest absolute Gasteiger partial charge is 0.396 e. The van der Waals surface area contributed by atoms with Gasteiger partial charge < -0.3 is 10.4 Å². The van der Waals surface area contributed by atoms with Crippen molar-refractivity contribution in [1.29, 1.82) is 5.26 Å². The van der Waals surface area contributed by atoms with Gasteiger partial charge in [-0.25, -0.2) is 0 Å². The van der Waals surface area contributed by atoms with Gasteiger partial charge in [-0.2, -0.15) is 5.26 Å². The Morgan fingerprint density at radius 3 is 2.82 bits per heavy atom. The highest BCUT2D eigenvalue weighted by Crippen LogP contribution is 2.23. The Balaban J connectivity index is 2.74. The molecule has 0 aliphatic rings. The maximum absolute atomic E-state index is 9.07. The van der Waals surface area contributed by atoms with E-state index < -0.39 is 0 Å². The summed E-state index contributed by atoms with van der Waals surface area (Å²) in [4.78, 5) is 0.940. The normalized spacial score (nSPS) is 10.5. The van der Waals surface area contributed by atoms with Crippen molar-refractivity contribution in [2.45, 2.75) is 31.3 Å². The highest BCUT2D eigenvalue weighted by Gasteiger charge is 2.04. The molecule has 3 nitrogen and oxygen atoms in total. The van der Waals surface area contributed by atoms with Crippen molar-refractivity contribution in [2.24, 2.45) is 0 Å². The summed E-state index contributed by atoms with van der Waals surface area (Å²) in [7, 11) is 0. The molecule has 0 aliphatic heterocycles. The second-order valence-corrected chi connectivity index (χ2v) is 5.19. The molecule has 0 atom stereocenters. The summed E-state index contributed by atoms with van der Waals surface area (Å²) in [5, 5.41) is 21.2. The zero-order chi connectivity index (χ0) is 12.7. The molecular formula is C13H18N2OS. The third-order valence-corrected chi connectivity index (χ3v) is 3.28. The van der Waals surface area contributed by atoms with Gasteiger partial charge in [-0.1, -0.05) is 19.9 Å². The maximum atomic E-state index is 9.07. The van der Waals surface area contributed by atoms with E-state index in [0.717, 1.165) is 17.0 Å². The fourth-order valence-corrected chi connectivity index (χ4v) is 2.11. The predicted molar refractivity (Wildman–Crippen MR) is 70.9 cm³/mol. The molecule has 1 aromatic carbocycles. The number of thioether (sulfide) groups is 1. The molecule has 1 rings (SSSR count). The second kappa shape index (κ2) is 7.33. The number of nitriles is 1. The zero-order valence-corrected chi connectivity index (χ0v) is 11.0. The molecule has 2 N–H and O–H groups in total. The van der Waals surface area contributed by atoms with E-state index in [1.807, 2.05) is 18.2 Å². The molecule has 4 heteroatoms. The minimum absolute atomic E-state index is 0.131. The molecule has 0 amide bonds. The Morgan fingerprint density at radius 1 is 1.47 bits per heavy atom. The molecule has 0 unspecified atom stereocenters. The monoisotopic (exact) mass is 250 g/mol. The van der Waals surface area contributed by atoms with Crippen molar-refractivity contribution in [3.8, 4) is 6.07 Å². The summed E-state index contributed by atoms with van der Waals surface area (Å²) in [6, 6.07) is 8.53. The predicted octanol–water partition coefficient (Wildman–Crippen LogP) is 2.14. The summed E-state index contributed by atoms with van der Waals surface area (Å²) in [5.41, 5.74) is 1.80. The van der Waals surface area contributed by atoms with E-state index in [9.17, 15) is 0 Å². The summed E-state index contributed by atoms with van der Waals surface area (Å²) in [6.45, 7) is 5.09. The minimum atomic E-state index is 0.131. The zero-order valence-electron chi connectivity index (χ0n) is 10.2. The molecule has 92 valence electrons. The molecule has 0 radical (unpaired) electrons. The molecule has 0 spiro atoms. The molecular weight excluding hydrogens is 232 g/mol. The Hall–Kier alpha value is -1.02. The van der Waals surface area contributed by atoms with Gasteiger partial charge in [-0.3, -0.25) is 0 Å². The Labute approximate surface area is 107 Å². The van der Waals surface area contributed by atoms with E-state index >= 15 is 0 Å². The second-order valence-electron chi connectivity index (χ2n) is 4.05. The fraction of sp³-hybridized carbons (Fsp3) is 0.462. The lowest BCUT2D eigenvalue weighted by atomic mass is 10.1. The Kier molecular flexibility index (Phi) is 6.06. The lowest BCUT2D eigenvalue weighted by molar-refractivity contribution is 0.322. The molecule has 0 saturated carbocycles. The minimum Gasteiger partial charge on any atom is -0.396 e. The van der Waals surface area contributed by atoms with Gasteiger partial charge in [0.2, 0.25) is 0 Å². The van der Waals surface area contributed by atoms with Crippen LogP contribution in [0.1, 0.15) is 25.0 Å². The highest BCUT2D eigenvalue weighted by molar-refractivity contribution is 7.99. The van der Waals surface area contributed by atoms with Crippen LogP contribution in [0.5, 0.6) is 0 Å². The molecule has 0 aliphatic carbocycles. The first-order chi connectivity index (χ1) is 8.17. The van der Waals surface area contributed by atoms with Crippen molar-refractivity contribution in [1.82, 2.24) is 5.32 Å². The Morgan fingerprint density at radius 2 is 2.24 bits per heavy atom. The molecule has 1 aromatic rings. The van der Waals surface area contributed by atoms with Gasteiger partial charge in [0.1, 0.15) is 6.07 Å². The number of benzene rings is 1. The van der Waals surface area contributed by atoms with E-state index in [2.05, 4.69) is 25.2 Å². The third kappa shape index (κ3) is 4.78. The standard InChI is InChI=1S/C13H18N2OS/c1-10(2)15-9-11-3-4-13(17-6-5-16)12(7-11)8-14/h3-4,7,10,15-16H,5-6,9H2,1-2H3. The first-order valence-electron chi connectivity index (χ1n) is 5.67. The average molecular weight is 250 g/mol. The fourth-order valence-electron chi connectivity index (χ4n) is 1.38. The van der Waals surface area contributed by atoms with E-state index in [4.69, 9.17) is 10.4 Å². The number of rotatable bonds is 6. The van der Waals surface area contributed by atoms with Gasteiger partial charge in [0, 0.05) is 23.2 Å². The van der Waals surface area contributed by atoms with Crippen LogP contribution in [-0.4, -0.2) is 23.5 Å². The van der Waals surface area contributed by atoms with Crippen LogP contribution in [0.2, 0.25) is 0 Å². The molecule has 0 aromatic heterocycles. The van der Waals surface area contributed by atoms with Crippen LogP contribution >= 0.6 is 11.8 Å². The molecule has 0 heterocycles. The van der Waals surface area contributed by atoms with Crippen LogP contribution in [0.3, 0.4) is 0 Å². The number of aliphatic hydroxyl groups is 1. The highest BCUT2D eigenvalue weighted by atomic mass is 32.2. The van der Waals surface area contributed by atoms with Crippen molar-refractivity contribution in [3.63, 3.8) is 0 Å². The first kappa shape index (κ1) is 14.0. The van der Waals surface area contributed by atoms with Gasteiger partial charge in [0.25, 0.3) is 0 Å². The van der Waals surface area contributed by atoms with Gasteiger partial charge >= 0.3 is 0 Å². The summed E-state index contributed by atoms with van der Waals surface area (Å²) in [5.74, 6) is 0.623. The molecule has 0 fully saturated rings. The molecule has 0 saturated heterocycles. The number of hydrogen-bond donors (Lipinski definition) is 2. The van der Waals surface area contributed by atoms with Crippen LogP contribution < -0.4 is 5.32 Å². The number of hydrogen-bond acceptors (Lipinski definition) is 4. The topological polar surface area (TPSA) is 56.0 Å². The summed E-state index contributed by atoms with van der Waals surface area (Å²) in [6.07, 6.45) is 0. The average Bonchev–Trinajstić information content (AvgIpc) is 2.34. The van der Waals surface area contributed by atoms with Crippen molar-refractivity contribution < 1.29 is 5.11 Å². The summed E-state index contributed by atoms with van der Waals surface area (Å²) >= 11 is 1.51. The van der Waals surface area contributed by atoms with Crippen LogP contribution in [-0.2, 0) is 6.54 Å². The number of aliphatic hydroxyl groups excluding tert-OH is 1. The van der Waals surface area contributed by atoms with Gasteiger partial charge in [-0.05, 0) is 17.7 Å². The lowest BCUT2D eigenvalue weighted by Crippen LogP contribution is -2.21. The van der Waals surface area contributed by atoms with Crippen LogP contribution in [0.15, 0.2) is 23.1 Å². The maximum Gasteiger partial charge on any atom is 0.100 e. The lowest BCUT2D eigenvalue weighted by Gasteiger charge is -2.09. The van der Waals surface area contributed by atoms with Gasteiger partial charge in [-0.15, -0.1) is 11.8 Å². The van der Waals surface area contributed by atoms with Crippen molar-refractivity contribution in [2.75, 3.05) is 12.4 Å². The van der Waals surface area contributed by atoms with Gasteiger partial charge in [0.05, 0.1) is 12.2 Å². The SMILES string of the molecule is CC(C)NCc1ccc(SCCO)c(C#N)c1. The van der Waals surface area contributed by atoms with Crippen LogP contribution in [0, 0.1) is 11.3 Å². The van der Waals surface area contributed by atoms with Crippen LogP contribution in [0.25, 0.3) is 0 Å². The number of nitrogens with one attached hydrogen (secondary N) is 1. The van der Waals surface area contributed by atoms with Crippen LogP contribution in [0.4, 0.5) is 0 Å². The molecule has 17 heavy (non-hydrogen) atoms. The summed E-state index contributed by atoms with van der Waals surface area (Å²) < 4.78 is 0. The van der Waals surface area contributed by atoms with Gasteiger partial charge in [0.15, 0.2) is 0 Å². The van der Waals surface area contributed by atoms with E-state index in [-0.39, 0.29) is 6.61 Å². The smallest absolute Gasteiger partial charge is 0.100 e. The quantitative estimate of drug-likeness (QED) is 0.760. The molecule has 0 bridgehead atoms. The van der Waals surface area contributed by atoms with E-state index in [0.29, 0.717) is 17.4 Å². The Bertz CT molecular complexity index is 399. The number of nitrogens with zero attached hydrogens (tertiary/aromatic N) is 1. The third-order valence-electron chi connectivity index (χ3n) is 2.23. The van der Waals surface area contributed by atoms with Crippen molar-refractivity contribution in [3.05, 3.63) is 29.3 Å². The van der Waals surface area contributed by atoms with E-state index in [1.165, 1.54) is 11.8 Å². The van der Waals surface area contributed by atoms with Crippen molar-refractivity contribution >= 4 is 11.8 Å².